The molecule has 2 heteroatoms. The van der Waals surface area contributed by atoms with E-state index in [1.54, 1.807) is 11.1 Å². The Morgan fingerprint density at radius 3 is 2.40 bits per heavy atom. The van der Waals surface area contributed by atoms with Gasteiger partial charge in [0.15, 0.2) is 0 Å². The van der Waals surface area contributed by atoms with Crippen LogP contribution in [-0.2, 0) is 12.8 Å². The second-order valence-electron chi connectivity index (χ2n) is 4.73. The molecule has 2 aliphatic rings. The van der Waals surface area contributed by atoms with E-state index in [2.05, 4.69) is 34.9 Å². The second-order valence-corrected chi connectivity index (χ2v) is 4.73. The summed E-state index contributed by atoms with van der Waals surface area (Å²) in [7, 11) is 0. The summed E-state index contributed by atoms with van der Waals surface area (Å²) in [6, 6.07) is 10.2. The highest BCUT2D eigenvalue weighted by Crippen LogP contribution is 2.22. The molecule has 15 heavy (non-hydrogen) atoms. The van der Waals surface area contributed by atoms with E-state index in [0.29, 0.717) is 12.1 Å². The van der Waals surface area contributed by atoms with Gasteiger partial charge in [-0.3, -0.25) is 0 Å². The molecule has 80 valence electrons. The van der Waals surface area contributed by atoms with Crippen molar-refractivity contribution in [3.05, 3.63) is 35.4 Å². The number of rotatable bonds is 2. The molecule has 0 amide bonds. The van der Waals surface area contributed by atoms with Gasteiger partial charge in [-0.25, -0.2) is 0 Å². The van der Waals surface area contributed by atoms with Crippen molar-refractivity contribution in [1.82, 2.24) is 10.6 Å². The Bertz CT molecular complexity index is 317. The summed E-state index contributed by atoms with van der Waals surface area (Å²) >= 11 is 0. The van der Waals surface area contributed by atoms with Crippen molar-refractivity contribution in [2.24, 2.45) is 0 Å². The first-order valence-electron chi connectivity index (χ1n) is 5.95. The van der Waals surface area contributed by atoms with Gasteiger partial charge in [-0.1, -0.05) is 24.3 Å². The van der Waals surface area contributed by atoms with Gasteiger partial charge in [0, 0.05) is 18.6 Å². The summed E-state index contributed by atoms with van der Waals surface area (Å²) in [4.78, 5) is 0. The van der Waals surface area contributed by atoms with Gasteiger partial charge in [-0.15, -0.1) is 0 Å². The molecule has 2 nitrogen and oxygen atoms in total. The highest BCUT2D eigenvalue weighted by atomic mass is 15.0. The van der Waals surface area contributed by atoms with Crippen LogP contribution in [0.4, 0.5) is 0 Å². The molecular weight excluding hydrogens is 184 g/mol. The Balaban J connectivity index is 1.63. The van der Waals surface area contributed by atoms with Crippen LogP contribution in [0.1, 0.15) is 17.5 Å². The smallest absolute Gasteiger partial charge is 0.0207 e. The monoisotopic (exact) mass is 202 g/mol. The Labute approximate surface area is 91.1 Å². The maximum atomic E-state index is 3.76. The van der Waals surface area contributed by atoms with E-state index in [1.807, 2.05) is 0 Å². The minimum atomic E-state index is 0.673. The number of benzene rings is 1. The molecule has 1 aromatic carbocycles. The van der Waals surface area contributed by atoms with Crippen LogP contribution in [0.3, 0.4) is 0 Å². The number of nitrogens with one attached hydrogen (secondary N) is 2. The standard InChI is InChI=1S/C13H18N2/c1-2-4-11-8-13(7-10(11)3-1)15-12-5-6-14-9-12/h1-4,12-15H,5-9H2. The van der Waals surface area contributed by atoms with Crippen LogP contribution in [0.15, 0.2) is 24.3 Å². The zero-order chi connectivity index (χ0) is 10.1. The Morgan fingerprint density at radius 1 is 1.07 bits per heavy atom. The minimum Gasteiger partial charge on any atom is -0.315 e. The molecule has 0 radical (unpaired) electrons. The highest BCUT2D eigenvalue weighted by Gasteiger charge is 2.24. The fourth-order valence-electron chi connectivity index (χ4n) is 2.81. The van der Waals surface area contributed by atoms with Crippen molar-refractivity contribution in [3.63, 3.8) is 0 Å². The lowest BCUT2D eigenvalue weighted by atomic mass is 10.1. The normalized spacial score (nSPS) is 25.7. The first-order valence-corrected chi connectivity index (χ1v) is 5.95. The SMILES string of the molecule is c1ccc2c(c1)CC(NC1CCNC1)C2. The lowest BCUT2D eigenvalue weighted by molar-refractivity contribution is 0.455. The van der Waals surface area contributed by atoms with E-state index < -0.39 is 0 Å². The first-order chi connectivity index (χ1) is 7.42. The van der Waals surface area contributed by atoms with Crippen LogP contribution in [-0.4, -0.2) is 25.2 Å². The average molecular weight is 202 g/mol. The quantitative estimate of drug-likeness (QED) is 0.750. The van der Waals surface area contributed by atoms with Gasteiger partial charge >= 0.3 is 0 Å². The molecule has 1 aliphatic heterocycles. The number of hydrogen-bond donors (Lipinski definition) is 2. The van der Waals surface area contributed by atoms with Crippen molar-refractivity contribution in [1.29, 1.82) is 0 Å². The fraction of sp³-hybridized carbons (Fsp3) is 0.538. The predicted molar refractivity (Wildman–Crippen MR) is 62.0 cm³/mol. The van der Waals surface area contributed by atoms with Gasteiger partial charge in [0.25, 0.3) is 0 Å². The molecule has 2 N–H and O–H groups in total. The molecule has 0 saturated carbocycles. The van der Waals surface area contributed by atoms with Gasteiger partial charge < -0.3 is 10.6 Å². The minimum absolute atomic E-state index is 0.673. The average Bonchev–Trinajstić information content (AvgIpc) is 2.86. The first kappa shape index (κ1) is 9.37. The van der Waals surface area contributed by atoms with Crippen molar-refractivity contribution in [2.45, 2.75) is 31.3 Å². The van der Waals surface area contributed by atoms with Crippen LogP contribution in [0, 0.1) is 0 Å². The third kappa shape index (κ3) is 1.92. The third-order valence-corrected chi connectivity index (χ3v) is 3.58. The third-order valence-electron chi connectivity index (χ3n) is 3.58. The zero-order valence-electron chi connectivity index (χ0n) is 9.00. The fourth-order valence-corrected chi connectivity index (χ4v) is 2.81. The van der Waals surface area contributed by atoms with Crippen LogP contribution < -0.4 is 10.6 Å². The van der Waals surface area contributed by atoms with Crippen molar-refractivity contribution < 1.29 is 0 Å². The van der Waals surface area contributed by atoms with Crippen molar-refractivity contribution in [3.8, 4) is 0 Å². The summed E-state index contributed by atoms with van der Waals surface area (Å²) in [5.74, 6) is 0. The molecule has 0 spiro atoms. The van der Waals surface area contributed by atoms with Crippen LogP contribution >= 0.6 is 0 Å². The second kappa shape index (κ2) is 3.95. The molecule has 3 rings (SSSR count). The Hall–Kier alpha value is -0.860. The summed E-state index contributed by atoms with van der Waals surface area (Å²) in [6.45, 7) is 2.32. The topological polar surface area (TPSA) is 24.1 Å². The predicted octanol–water partition coefficient (Wildman–Crippen LogP) is 1.11. The molecule has 1 aromatic rings. The molecule has 1 aliphatic carbocycles. The van der Waals surface area contributed by atoms with Crippen LogP contribution in [0.25, 0.3) is 0 Å². The molecule has 1 atom stereocenters. The summed E-state index contributed by atoms with van der Waals surface area (Å²) in [5, 5.41) is 7.17. The van der Waals surface area contributed by atoms with E-state index >= 15 is 0 Å². The van der Waals surface area contributed by atoms with E-state index in [-0.39, 0.29) is 0 Å². The molecule has 1 heterocycles. The van der Waals surface area contributed by atoms with Crippen molar-refractivity contribution in [2.75, 3.05) is 13.1 Å². The van der Waals surface area contributed by atoms with E-state index in [9.17, 15) is 0 Å². The molecule has 0 bridgehead atoms. The lowest BCUT2D eigenvalue weighted by Gasteiger charge is -2.17. The van der Waals surface area contributed by atoms with Crippen LogP contribution in [0.2, 0.25) is 0 Å². The molecular formula is C13H18N2. The Morgan fingerprint density at radius 2 is 1.80 bits per heavy atom. The van der Waals surface area contributed by atoms with Gasteiger partial charge in [-0.2, -0.15) is 0 Å². The maximum Gasteiger partial charge on any atom is 0.0207 e. The van der Waals surface area contributed by atoms with Crippen molar-refractivity contribution >= 4 is 0 Å². The summed E-state index contributed by atoms with van der Waals surface area (Å²) in [5.41, 5.74) is 3.09. The highest BCUT2D eigenvalue weighted by molar-refractivity contribution is 5.33. The molecule has 0 aromatic heterocycles. The van der Waals surface area contributed by atoms with Gasteiger partial charge in [0.1, 0.15) is 0 Å². The van der Waals surface area contributed by atoms with Gasteiger partial charge in [0.05, 0.1) is 0 Å². The van der Waals surface area contributed by atoms with E-state index in [0.717, 1.165) is 6.54 Å². The van der Waals surface area contributed by atoms with Crippen LogP contribution in [0.5, 0.6) is 0 Å². The lowest BCUT2D eigenvalue weighted by Crippen LogP contribution is -2.40. The number of hydrogen-bond acceptors (Lipinski definition) is 2. The maximum absolute atomic E-state index is 3.76. The molecule has 1 saturated heterocycles. The van der Waals surface area contributed by atoms with E-state index in [4.69, 9.17) is 0 Å². The molecule has 1 fully saturated rings. The number of fused-ring (bicyclic) bond motifs is 1. The Kier molecular flexibility index (Phi) is 2.47. The largest absolute Gasteiger partial charge is 0.315 e. The van der Waals surface area contributed by atoms with Gasteiger partial charge in [-0.05, 0) is 36.9 Å². The van der Waals surface area contributed by atoms with E-state index in [1.165, 1.54) is 25.8 Å². The molecule has 1 unspecified atom stereocenters. The summed E-state index contributed by atoms with van der Waals surface area (Å²) in [6.07, 6.45) is 3.71. The summed E-state index contributed by atoms with van der Waals surface area (Å²) < 4.78 is 0. The zero-order valence-corrected chi connectivity index (χ0v) is 9.00. The van der Waals surface area contributed by atoms with Gasteiger partial charge in [0.2, 0.25) is 0 Å².